The Morgan fingerprint density at radius 2 is 1.55 bits per heavy atom. The molecule has 1 heterocycles. The second kappa shape index (κ2) is 7.17. The van der Waals surface area contributed by atoms with Crippen molar-refractivity contribution in [1.82, 2.24) is 9.03 Å². The largest absolute Gasteiger partial charge is 0.392 e. The number of nitrogens with zero attached hydrogens (tertiary/aromatic N) is 1. The summed E-state index contributed by atoms with van der Waals surface area (Å²) in [6.45, 7) is 1.50. The van der Waals surface area contributed by atoms with Crippen LogP contribution >= 0.6 is 0 Å². The Bertz CT molecular complexity index is 506. The van der Waals surface area contributed by atoms with Gasteiger partial charge in [0.15, 0.2) is 0 Å². The van der Waals surface area contributed by atoms with Crippen LogP contribution in [0.3, 0.4) is 0 Å². The molecule has 0 amide bonds. The van der Waals surface area contributed by atoms with Crippen molar-refractivity contribution in [3.63, 3.8) is 0 Å². The number of aliphatic hydroxyl groups is 1. The Labute approximate surface area is 120 Å². The molecule has 2 rings (SSSR count). The molecule has 1 aromatic rings. The summed E-state index contributed by atoms with van der Waals surface area (Å²) in [7, 11) is -3.39. The summed E-state index contributed by atoms with van der Waals surface area (Å²) >= 11 is 0. The van der Waals surface area contributed by atoms with Crippen LogP contribution in [0.2, 0.25) is 0 Å². The molecule has 0 unspecified atom stereocenters. The third-order valence-corrected chi connectivity index (χ3v) is 5.12. The van der Waals surface area contributed by atoms with Crippen LogP contribution in [0, 0.1) is 0 Å². The minimum absolute atomic E-state index is 0.000213. The summed E-state index contributed by atoms with van der Waals surface area (Å²) in [4.78, 5) is 0. The molecular weight excluding hydrogens is 276 g/mol. The monoisotopic (exact) mass is 298 g/mol. The highest BCUT2D eigenvalue weighted by Crippen LogP contribution is 2.13. The van der Waals surface area contributed by atoms with Crippen LogP contribution in [0.4, 0.5) is 0 Å². The average molecular weight is 298 g/mol. The summed E-state index contributed by atoms with van der Waals surface area (Å²) in [6, 6.07) is 7.26. The van der Waals surface area contributed by atoms with Gasteiger partial charge in [-0.1, -0.05) is 37.1 Å². The summed E-state index contributed by atoms with van der Waals surface area (Å²) in [5, 5.41) is 8.97. The van der Waals surface area contributed by atoms with Crippen LogP contribution < -0.4 is 4.72 Å². The van der Waals surface area contributed by atoms with Crippen molar-refractivity contribution >= 4 is 10.2 Å². The Balaban J connectivity index is 1.93. The Hall–Kier alpha value is -0.950. The summed E-state index contributed by atoms with van der Waals surface area (Å²) in [6.07, 6.45) is 4.08. The van der Waals surface area contributed by atoms with Crippen LogP contribution in [-0.2, 0) is 23.4 Å². The number of hydrogen-bond acceptors (Lipinski definition) is 3. The molecule has 1 fully saturated rings. The zero-order valence-electron chi connectivity index (χ0n) is 11.6. The van der Waals surface area contributed by atoms with Crippen LogP contribution in [0.1, 0.15) is 36.8 Å². The van der Waals surface area contributed by atoms with E-state index in [1.165, 1.54) is 0 Å². The number of aliphatic hydroxyl groups excluding tert-OH is 1. The second-order valence-electron chi connectivity index (χ2n) is 5.11. The molecule has 0 aromatic heterocycles. The first kappa shape index (κ1) is 15.4. The number of benzene rings is 1. The first-order chi connectivity index (χ1) is 9.62. The van der Waals surface area contributed by atoms with Crippen LogP contribution in [0.25, 0.3) is 0 Å². The minimum Gasteiger partial charge on any atom is -0.392 e. The van der Waals surface area contributed by atoms with Gasteiger partial charge in [0.2, 0.25) is 0 Å². The molecule has 1 aliphatic rings. The van der Waals surface area contributed by atoms with Crippen molar-refractivity contribution in [3.8, 4) is 0 Å². The van der Waals surface area contributed by atoms with Crippen molar-refractivity contribution in [2.24, 2.45) is 0 Å². The number of rotatable bonds is 5. The van der Waals surface area contributed by atoms with E-state index in [0.717, 1.165) is 36.8 Å². The van der Waals surface area contributed by atoms with Gasteiger partial charge in [-0.05, 0) is 24.0 Å². The van der Waals surface area contributed by atoms with E-state index >= 15 is 0 Å². The maximum Gasteiger partial charge on any atom is 0.279 e. The fourth-order valence-electron chi connectivity index (χ4n) is 2.31. The Morgan fingerprint density at radius 1 is 1.00 bits per heavy atom. The fraction of sp³-hybridized carbons (Fsp3) is 0.571. The lowest BCUT2D eigenvalue weighted by Gasteiger charge is -2.20. The predicted octanol–water partition coefficient (Wildman–Crippen LogP) is 1.39. The van der Waals surface area contributed by atoms with Gasteiger partial charge in [0.25, 0.3) is 10.2 Å². The van der Waals surface area contributed by atoms with Gasteiger partial charge in [-0.2, -0.15) is 17.4 Å². The first-order valence-corrected chi connectivity index (χ1v) is 8.49. The van der Waals surface area contributed by atoms with E-state index in [-0.39, 0.29) is 13.2 Å². The molecule has 1 saturated heterocycles. The van der Waals surface area contributed by atoms with E-state index in [2.05, 4.69) is 4.72 Å². The maximum absolute atomic E-state index is 12.2. The SMILES string of the molecule is O=S(=O)(NCc1ccc(CO)cc1)N1CCCCCC1. The van der Waals surface area contributed by atoms with Gasteiger partial charge in [0.1, 0.15) is 0 Å². The van der Waals surface area contributed by atoms with Crippen molar-refractivity contribution < 1.29 is 13.5 Å². The van der Waals surface area contributed by atoms with E-state index in [1.807, 2.05) is 12.1 Å². The first-order valence-electron chi connectivity index (χ1n) is 7.05. The highest BCUT2D eigenvalue weighted by atomic mass is 32.2. The third kappa shape index (κ3) is 4.28. The van der Waals surface area contributed by atoms with E-state index in [1.54, 1.807) is 16.4 Å². The van der Waals surface area contributed by atoms with Gasteiger partial charge < -0.3 is 5.11 Å². The predicted molar refractivity (Wildman–Crippen MR) is 78.2 cm³/mol. The van der Waals surface area contributed by atoms with Crippen molar-refractivity contribution in [3.05, 3.63) is 35.4 Å². The smallest absolute Gasteiger partial charge is 0.279 e. The normalized spacial score (nSPS) is 17.9. The molecule has 0 radical (unpaired) electrons. The van der Waals surface area contributed by atoms with Gasteiger partial charge in [-0.15, -0.1) is 0 Å². The van der Waals surface area contributed by atoms with Gasteiger partial charge in [-0.3, -0.25) is 0 Å². The summed E-state index contributed by atoms with van der Waals surface area (Å²) in [5.41, 5.74) is 1.71. The lowest BCUT2D eigenvalue weighted by molar-refractivity contribution is 0.282. The zero-order chi connectivity index (χ0) is 14.4. The third-order valence-electron chi connectivity index (χ3n) is 3.57. The minimum atomic E-state index is -3.39. The molecular formula is C14H22N2O3S. The molecule has 0 atom stereocenters. The quantitative estimate of drug-likeness (QED) is 0.863. The molecule has 0 saturated carbocycles. The van der Waals surface area contributed by atoms with E-state index in [9.17, 15) is 8.42 Å². The molecule has 2 N–H and O–H groups in total. The lowest BCUT2D eigenvalue weighted by atomic mass is 10.1. The standard InChI is InChI=1S/C14H22N2O3S/c17-12-14-7-5-13(6-8-14)11-15-20(18,19)16-9-3-1-2-4-10-16/h5-8,15,17H,1-4,9-12H2. The molecule has 0 aliphatic carbocycles. The molecule has 6 heteroatoms. The van der Waals surface area contributed by atoms with Crippen molar-refractivity contribution in [2.45, 2.75) is 38.8 Å². The van der Waals surface area contributed by atoms with E-state index < -0.39 is 10.2 Å². The Morgan fingerprint density at radius 3 is 2.10 bits per heavy atom. The van der Waals surface area contributed by atoms with Crippen LogP contribution in [-0.4, -0.2) is 30.9 Å². The average Bonchev–Trinajstić information content (AvgIpc) is 2.75. The van der Waals surface area contributed by atoms with E-state index in [0.29, 0.717) is 13.1 Å². The van der Waals surface area contributed by atoms with Gasteiger partial charge in [-0.25, -0.2) is 0 Å². The highest BCUT2D eigenvalue weighted by Gasteiger charge is 2.22. The molecule has 5 nitrogen and oxygen atoms in total. The maximum atomic E-state index is 12.2. The molecule has 0 bridgehead atoms. The molecule has 112 valence electrons. The number of hydrogen-bond donors (Lipinski definition) is 2. The molecule has 1 aromatic carbocycles. The van der Waals surface area contributed by atoms with Gasteiger partial charge in [0.05, 0.1) is 6.61 Å². The van der Waals surface area contributed by atoms with E-state index in [4.69, 9.17) is 5.11 Å². The summed E-state index contributed by atoms with van der Waals surface area (Å²) in [5.74, 6) is 0. The van der Waals surface area contributed by atoms with Gasteiger partial charge >= 0.3 is 0 Å². The molecule has 20 heavy (non-hydrogen) atoms. The fourth-order valence-corrected chi connectivity index (χ4v) is 3.58. The van der Waals surface area contributed by atoms with Crippen molar-refractivity contribution in [1.29, 1.82) is 0 Å². The second-order valence-corrected chi connectivity index (χ2v) is 6.87. The number of nitrogens with one attached hydrogen (secondary N) is 1. The molecule has 1 aliphatic heterocycles. The molecule has 0 spiro atoms. The van der Waals surface area contributed by atoms with Gasteiger partial charge in [0, 0.05) is 19.6 Å². The highest BCUT2D eigenvalue weighted by molar-refractivity contribution is 7.87. The topological polar surface area (TPSA) is 69.6 Å². The Kier molecular flexibility index (Phi) is 5.54. The van der Waals surface area contributed by atoms with Crippen LogP contribution in [0.5, 0.6) is 0 Å². The summed E-state index contributed by atoms with van der Waals surface area (Å²) < 4.78 is 28.6. The lowest BCUT2D eigenvalue weighted by Crippen LogP contribution is -2.40. The van der Waals surface area contributed by atoms with Crippen molar-refractivity contribution in [2.75, 3.05) is 13.1 Å². The zero-order valence-corrected chi connectivity index (χ0v) is 12.4. The van der Waals surface area contributed by atoms with Crippen LogP contribution in [0.15, 0.2) is 24.3 Å².